The Hall–Kier alpha value is -1.95. The number of hydrogen-bond acceptors (Lipinski definition) is 4. The zero-order valence-corrected chi connectivity index (χ0v) is 11.9. The Labute approximate surface area is 120 Å². The fourth-order valence-corrected chi connectivity index (χ4v) is 2.97. The van der Waals surface area contributed by atoms with E-state index >= 15 is 0 Å². The predicted octanol–water partition coefficient (Wildman–Crippen LogP) is 1.99. The van der Waals surface area contributed by atoms with Crippen LogP contribution in [0.15, 0.2) is 27.7 Å². The summed E-state index contributed by atoms with van der Waals surface area (Å²) >= 11 is 1.51. The second-order valence-electron chi connectivity index (χ2n) is 4.93. The average Bonchev–Trinajstić information content (AvgIpc) is 3.07. The van der Waals surface area contributed by atoms with Gasteiger partial charge < -0.3 is 5.32 Å². The van der Waals surface area contributed by atoms with E-state index in [1.165, 1.54) is 16.0 Å². The van der Waals surface area contributed by atoms with Crippen LogP contribution in [0.3, 0.4) is 0 Å². The lowest BCUT2D eigenvalue weighted by atomic mass is 10.2. The van der Waals surface area contributed by atoms with Crippen molar-refractivity contribution in [2.45, 2.75) is 32.2 Å². The van der Waals surface area contributed by atoms with Crippen LogP contribution >= 0.6 is 11.3 Å². The van der Waals surface area contributed by atoms with Crippen LogP contribution in [0.2, 0.25) is 0 Å². The van der Waals surface area contributed by atoms with E-state index in [-0.39, 0.29) is 11.5 Å². The summed E-state index contributed by atoms with van der Waals surface area (Å²) < 4.78 is 1.28. The second-order valence-corrected chi connectivity index (χ2v) is 5.71. The van der Waals surface area contributed by atoms with E-state index in [9.17, 15) is 9.59 Å². The third-order valence-corrected chi connectivity index (χ3v) is 4.20. The third kappa shape index (κ3) is 2.38. The number of carbonyl (C=O) groups is 1. The molecule has 1 aliphatic carbocycles. The normalized spacial score (nSPS) is 14.8. The zero-order valence-electron chi connectivity index (χ0n) is 11.1. The molecule has 0 spiro atoms. The van der Waals surface area contributed by atoms with E-state index in [1.807, 2.05) is 16.8 Å². The Bertz CT molecular complexity index is 691. The first kappa shape index (κ1) is 13.1. The lowest BCUT2D eigenvalue weighted by Gasteiger charge is -2.14. The van der Waals surface area contributed by atoms with Gasteiger partial charge in [-0.3, -0.25) is 9.59 Å². The molecule has 0 aromatic carbocycles. The van der Waals surface area contributed by atoms with Gasteiger partial charge in [-0.25, -0.2) is 4.68 Å². The minimum absolute atomic E-state index is 0.210. The quantitative estimate of drug-likeness (QED) is 0.940. The summed E-state index contributed by atoms with van der Waals surface area (Å²) in [5, 5.41) is 10.9. The summed E-state index contributed by atoms with van der Waals surface area (Å²) in [4.78, 5) is 24.2. The van der Waals surface area contributed by atoms with E-state index in [2.05, 4.69) is 10.4 Å². The molecule has 1 atom stereocenters. The molecular formula is C14H15N3O2S. The lowest BCUT2D eigenvalue weighted by Crippen LogP contribution is -2.33. The highest BCUT2D eigenvalue weighted by Gasteiger charge is 2.21. The number of anilines is 1. The number of thiophene rings is 1. The Morgan fingerprint density at radius 3 is 3.10 bits per heavy atom. The molecule has 20 heavy (non-hydrogen) atoms. The van der Waals surface area contributed by atoms with Gasteiger partial charge in [-0.2, -0.15) is 16.4 Å². The highest BCUT2D eigenvalue weighted by molar-refractivity contribution is 7.08. The first-order chi connectivity index (χ1) is 9.65. The van der Waals surface area contributed by atoms with Gasteiger partial charge in [0.2, 0.25) is 5.91 Å². The van der Waals surface area contributed by atoms with E-state index in [0.29, 0.717) is 0 Å². The summed E-state index contributed by atoms with van der Waals surface area (Å²) in [5.74, 6) is -0.226. The molecule has 2 heterocycles. The zero-order chi connectivity index (χ0) is 14.1. The number of aryl methyl sites for hydroxylation is 2. The van der Waals surface area contributed by atoms with Crippen molar-refractivity contribution in [1.29, 1.82) is 0 Å². The van der Waals surface area contributed by atoms with Crippen LogP contribution < -0.4 is 10.9 Å². The van der Waals surface area contributed by atoms with Crippen LogP contribution in [0.4, 0.5) is 5.69 Å². The van der Waals surface area contributed by atoms with Crippen LogP contribution in [-0.2, 0) is 17.6 Å². The maximum Gasteiger partial charge on any atom is 0.267 e. The standard InChI is InChI=1S/C14H15N3O2S/c1-9(14(19)15-11-5-6-20-8-11)17-13(18)7-10-3-2-4-12(10)16-17/h5-9H,2-4H2,1H3,(H,15,19). The molecule has 0 bridgehead atoms. The first-order valence-corrected chi connectivity index (χ1v) is 7.54. The average molecular weight is 289 g/mol. The van der Waals surface area contributed by atoms with E-state index in [4.69, 9.17) is 0 Å². The largest absolute Gasteiger partial charge is 0.323 e. The molecule has 0 fully saturated rings. The molecule has 0 aliphatic heterocycles. The summed E-state index contributed by atoms with van der Waals surface area (Å²) in [7, 11) is 0. The minimum Gasteiger partial charge on any atom is -0.323 e. The van der Waals surface area contributed by atoms with Gasteiger partial charge in [0.25, 0.3) is 5.56 Å². The van der Waals surface area contributed by atoms with Crippen molar-refractivity contribution >= 4 is 22.9 Å². The van der Waals surface area contributed by atoms with Gasteiger partial charge >= 0.3 is 0 Å². The molecule has 1 amide bonds. The molecule has 2 aromatic heterocycles. The molecule has 5 nitrogen and oxygen atoms in total. The minimum atomic E-state index is -0.617. The maximum atomic E-state index is 12.2. The summed E-state index contributed by atoms with van der Waals surface area (Å²) in [6.45, 7) is 1.69. The molecule has 6 heteroatoms. The van der Waals surface area contributed by atoms with Crippen LogP contribution in [0.1, 0.15) is 30.6 Å². The lowest BCUT2D eigenvalue weighted by molar-refractivity contribution is -0.119. The Morgan fingerprint density at radius 2 is 2.35 bits per heavy atom. The molecular weight excluding hydrogens is 274 g/mol. The topological polar surface area (TPSA) is 64.0 Å². The van der Waals surface area contributed by atoms with E-state index in [1.54, 1.807) is 13.0 Å². The summed E-state index contributed by atoms with van der Waals surface area (Å²) in [5.41, 5.74) is 2.51. The number of nitrogens with one attached hydrogen (secondary N) is 1. The van der Waals surface area contributed by atoms with Gasteiger partial charge in [-0.1, -0.05) is 0 Å². The maximum absolute atomic E-state index is 12.2. The number of fused-ring (bicyclic) bond motifs is 1. The molecule has 104 valence electrons. The van der Waals surface area contributed by atoms with Crippen molar-refractivity contribution in [3.63, 3.8) is 0 Å². The molecule has 1 unspecified atom stereocenters. The van der Waals surface area contributed by atoms with Crippen molar-refractivity contribution in [2.24, 2.45) is 0 Å². The van der Waals surface area contributed by atoms with E-state index in [0.717, 1.165) is 36.2 Å². The van der Waals surface area contributed by atoms with E-state index < -0.39 is 6.04 Å². The molecule has 1 N–H and O–H groups in total. The molecule has 2 aromatic rings. The van der Waals surface area contributed by atoms with Crippen molar-refractivity contribution in [2.75, 3.05) is 5.32 Å². The first-order valence-electron chi connectivity index (χ1n) is 6.60. The summed E-state index contributed by atoms with van der Waals surface area (Å²) in [6, 6.07) is 2.83. The van der Waals surface area contributed by atoms with Crippen LogP contribution in [0.25, 0.3) is 0 Å². The number of nitrogens with zero attached hydrogens (tertiary/aromatic N) is 2. The molecule has 0 radical (unpaired) electrons. The van der Waals surface area contributed by atoms with Gasteiger partial charge in [0.05, 0.1) is 11.4 Å². The predicted molar refractivity (Wildman–Crippen MR) is 78.2 cm³/mol. The SMILES string of the molecule is CC(C(=O)Nc1ccsc1)n1nc2c(cc1=O)CCC2. The fraction of sp³-hybridized carbons (Fsp3) is 0.357. The number of rotatable bonds is 3. The second kappa shape index (κ2) is 5.20. The van der Waals surface area contributed by atoms with Gasteiger partial charge in [-0.15, -0.1) is 0 Å². The smallest absolute Gasteiger partial charge is 0.267 e. The third-order valence-electron chi connectivity index (χ3n) is 3.52. The highest BCUT2D eigenvalue weighted by Crippen LogP contribution is 2.18. The van der Waals surface area contributed by atoms with Gasteiger partial charge in [0, 0.05) is 11.4 Å². The Kier molecular flexibility index (Phi) is 3.40. The molecule has 0 saturated carbocycles. The molecule has 0 saturated heterocycles. The van der Waals surface area contributed by atoms with Crippen LogP contribution in [-0.4, -0.2) is 15.7 Å². The van der Waals surface area contributed by atoms with Crippen molar-refractivity contribution in [3.05, 3.63) is 44.5 Å². The molecule has 1 aliphatic rings. The Balaban J connectivity index is 1.85. The van der Waals surface area contributed by atoms with Gasteiger partial charge in [-0.05, 0) is 43.2 Å². The monoisotopic (exact) mass is 289 g/mol. The highest BCUT2D eigenvalue weighted by atomic mass is 32.1. The van der Waals surface area contributed by atoms with Gasteiger partial charge in [0.1, 0.15) is 6.04 Å². The summed E-state index contributed by atoms with van der Waals surface area (Å²) in [6.07, 6.45) is 2.82. The number of hydrogen-bond donors (Lipinski definition) is 1. The molecule has 3 rings (SSSR count). The van der Waals surface area contributed by atoms with Crippen LogP contribution in [0, 0.1) is 0 Å². The van der Waals surface area contributed by atoms with Crippen molar-refractivity contribution < 1.29 is 4.79 Å². The van der Waals surface area contributed by atoms with Crippen molar-refractivity contribution in [1.82, 2.24) is 9.78 Å². The van der Waals surface area contributed by atoms with Gasteiger partial charge in [0.15, 0.2) is 0 Å². The number of aromatic nitrogens is 2. The number of amides is 1. The number of carbonyl (C=O) groups excluding carboxylic acids is 1. The van der Waals surface area contributed by atoms with Crippen LogP contribution in [0.5, 0.6) is 0 Å². The fourth-order valence-electron chi connectivity index (χ4n) is 2.39. The van der Waals surface area contributed by atoms with Crippen molar-refractivity contribution in [3.8, 4) is 0 Å². The Morgan fingerprint density at radius 1 is 1.50 bits per heavy atom.